The van der Waals surface area contributed by atoms with Crippen molar-refractivity contribution in [3.8, 4) is 0 Å². The van der Waals surface area contributed by atoms with Crippen LogP contribution in [0, 0.1) is 59.2 Å². The predicted octanol–water partition coefficient (Wildman–Crippen LogP) is 4.87. The van der Waals surface area contributed by atoms with Gasteiger partial charge in [0.2, 0.25) is 0 Å². The van der Waals surface area contributed by atoms with Gasteiger partial charge in [0.05, 0.1) is 0 Å². The molecule has 2 heteroatoms. The van der Waals surface area contributed by atoms with Crippen molar-refractivity contribution in [1.82, 2.24) is 0 Å². The van der Waals surface area contributed by atoms with Crippen molar-refractivity contribution in [2.75, 3.05) is 0 Å². The van der Waals surface area contributed by atoms with E-state index in [4.69, 9.17) is 0 Å². The molecule has 2 aliphatic rings. The van der Waals surface area contributed by atoms with Crippen molar-refractivity contribution in [2.45, 2.75) is 69.2 Å². The molecule has 0 spiro atoms. The van der Waals surface area contributed by atoms with Crippen molar-refractivity contribution in [3.63, 3.8) is 0 Å². The zero-order valence-electron chi connectivity index (χ0n) is 15.8. The fourth-order valence-corrected chi connectivity index (χ4v) is 2.81. The van der Waals surface area contributed by atoms with Gasteiger partial charge in [-0.3, -0.25) is 0 Å². The van der Waals surface area contributed by atoms with E-state index in [9.17, 15) is 0 Å². The normalized spacial score (nSPS) is 25.9. The first-order valence-electron chi connectivity index (χ1n) is 7.50. The molecule has 0 heterocycles. The van der Waals surface area contributed by atoms with Crippen LogP contribution in [0.4, 0.5) is 0 Å². The molecular weight excluding hydrogens is 442 g/mol. The quantitative estimate of drug-likeness (QED) is 0.438. The molecule has 2 fully saturated rings. The Hall–Kier alpha value is 1.25. The summed E-state index contributed by atoms with van der Waals surface area (Å²) < 4.78 is 0. The Labute approximate surface area is 166 Å². The fraction of sp³-hybridized carbons (Fsp3) is 0.500. The van der Waals surface area contributed by atoms with E-state index in [0.717, 1.165) is 0 Å². The molecule has 2 saturated carbocycles. The van der Waals surface area contributed by atoms with Crippen LogP contribution in [-0.4, -0.2) is 0 Å². The molecular formula is C20H34Ru2. The van der Waals surface area contributed by atoms with Crippen molar-refractivity contribution < 1.29 is 39.0 Å². The van der Waals surface area contributed by atoms with Crippen LogP contribution in [0.15, 0.2) is 0 Å². The summed E-state index contributed by atoms with van der Waals surface area (Å²) in [5.74, 6) is 14.7. The monoisotopic (exact) mass is 478 g/mol. The second kappa shape index (κ2) is 10.3. The van der Waals surface area contributed by atoms with Gasteiger partial charge in [0.1, 0.15) is 0 Å². The van der Waals surface area contributed by atoms with Gasteiger partial charge in [0.15, 0.2) is 0 Å². The standard InChI is InChI=1S/2C10H15.2Ru.4H/c2*1-6-7(2)9(4)10(5)8(6)3;;;;;;/h2*1-5H3;;;;;;. The molecule has 0 bridgehead atoms. The van der Waals surface area contributed by atoms with E-state index in [2.05, 4.69) is 69.2 Å². The molecule has 2 rings (SSSR count). The van der Waals surface area contributed by atoms with Crippen LogP contribution in [0.25, 0.3) is 0 Å². The summed E-state index contributed by atoms with van der Waals surface area (Å²) in [6, 6.07) is 0. The summed E-state index contributed by atoms with van der Waals surface area (Å²) in [5.41, 5.74) is 0. The Kier molecular flexibility index (Phi) is 11.9. The van der Waals surface area contributed by atoms with Crippen LogP contribution in [0.5, 0.6) is 0 Å². The van der Waals surface area contributed by atoms with Crippen LogP contribution < -0.4 is 0 Å². The van der Waals surface area contributed by atoms with Crippen LogP contribution in [0.2, 0.25) is 0 Å². The molecule has 0 aromatic heterocycles. The van der Waals surface area contributed by atoms with E-state index >= 15 is 0 Å². The van der Waals surface area contributed by atoms with Crippen molar-refractivity contribution in [3.05, 3.63) is 59.2 Å². The van der Waals surface area contributed by atoms with Gasteiger partial charge in [-0.05, 0) is 59.2 Å². The number of hydrogen-bond acceptors (Lipinski definition) is 0. The average Bonchev–Trinajstić information content (AvgIpc) is 2.71. The number of rotatable bonds is 0. The summed E-state index contributed by atoms with van der Waals surface area (Å²) in [6.45, 7) is 22.0. The van der Waals surface area contributed by atoms with Crippen LogP contribution in [0.3, 0.4) is 0 Å². The first kappa shape index (κ1) is 25.5. The average molecular weight is 477 g/mol. The first-order chi connectivity index (χ1) is 9.11. The van der Waals surface area contributed by atoms with E-state index in [-0.39, 0.29) is 39.0 Å². The molecule has 22 heavy (non-hydrogen) atoms. The van der Waals surface area contributed by atoms with Crippen LogP contribution in [0.1, 0.15) is 69.2 Å². The Morgan fingerprint density at radius 1 is 0.227 bits per heavy atom. The summed E-state index contributed by atoms with van der Waals surface area (Å²) in [4.78, 5) is 0. The van der Waals surface area contributed by atoms with Crippen LogP contribution in [-0.2, 0) is 39.0 Å². The second-order valence-corrected chi connectivity index (χ2v) is 6.25. The molecule has 0 aromatic carbocycles. The van der Waals surface area contributed by atoms with E-state index in [1.165, 1.54) is 59.2 Å². The van der Waals surface area contributed by atoms with Gasteiger partial charge >= 0.3 is 39.0 Å². The van der Waals surface area contributed by atoms with Gasteiger partial charge in [0, 0.05) is 0 Å². The van der Waals surface area contributed by atoms with Gasteiger partial charge in [-0.1, -0.05) is 69.2 Å². The maximum atomic E-state index is 2.20. The zero-order chi connectivity index (χ0) is 15.8. The van der Waals surface area contributed by atoms with Gasteiger partial charge in [0.25, 0.3) is 0 Å². The molecule has 0 saturated heterocycles. The first-order valence-corrected chi connectivity index (χ1v) is 7.50. The van der Waals surface area contributed by atoms with E-state index in [1.54, 1.807) is 0 Å². The SMILES string of the molecule is C[C]1[C](C)[C](C)[C](C)[C]1C.C[C]1[C](C)[C](C)[C](C)[C]1C.[RuH2].[RuH2]. The molecule has 130 valence electrons. The second-order valence-electron chi connectivity index (χ2n) is 6.25. The Morgan fingerprint density at radius 3 is 0.318 bits per heavy atom. The van der Waals surface area contributed by atoms with E-state index in [1.807, 2.05) is 0 Å². The minimum absolute atomic E-state index is 0. The van der Waals surface area contributed by atoms with Crippen molar-refractivity contribution >= 4 is 0 Å². The summed E-state index contributed by atoms with van der Waals surface area (Å²) in [7, 11) is 0. The Bertz CT molecular complexity index is 184. The van der Waals surface area contributed by atoms with Crippen LogP contribution >= 0.6 is 0 Å². The summed E-state index contributed by atoms with van der Waals surface area (Å²) in [6.07, 6.45) is 0. The third-order valence-electron chi connectivity index (χ3n) is 5.62. The molecule has 0 nitrogen and oxygen atoms in total. The maximum absolute atomic E-state index is 2.20. The summed E-state index contributed by atoms with van der Waals surface area (Å²) >= 11 is 0. The molecule has 0 aliphatic heterocycles. The predicted molar refractivity (Wildman–Crippen MR) is 94.8 cm³/mol. The van der Waals surface area contributed by atoms with Gasteiger partial charge in [-0.15, -0.1) is 0 Å². The molecule has 10 radical (unpaired) electrons. The minimum atomic E-state index is 0. The Balaban J connectivity index is 0. The molecule has 0 unspecified atom stereocenters. The van der Waals surface area contributed by atoms with E-state index < -0.39 is 0 Å². The molecule has 0 amide bonds. The molecule has 2 aliphatic carbocycles. The fourth-order valence-electron chi connectivity index (χ4n) is 2.81. The molecule has 0 N–H and O–H groups in total. The molecule has 0 aromatic rings. The van der Waals surface area contributed by atoms with Crippen molar-refractivity contribution in [1.29, 1.82) is 0 Å². The topological polar surface area (TPSA) is 0 Å². The third kappa shape index (κ3) is 5.12. The van der Waals surface area contributed by atoms with Gasteiger partial charge in [-0.25, -0.2) is 0 Å². The number of hydrogen-bond donors (Lipinski definition) is 0. The zero-order valence-corrected chi connectivity index (χ0v) is 19.8. The van der Waals surface area contributed by atoms with E-state index in [0.29, 0.717) is 0 Å². The van der Waals surface area contributed by atoms with Gasteiger partial charge in [-0.2, -0.15) is 0 Å². The molecule has 0 atom stereocenters. The summed E-state index contributed by atoms with van der Waals surface area (Å²) in [5, 5.41) is 0. The Morgan fingerprint density at radius 2 is 0.273 bits per heavy atom. The van der Waals surface area contributed by atoms with Crippen molar-refractivity contribution in [2.24, 2.45) is 0 Å². The van der Waals surface area contributed by atoms with Gasteiger partial charge < -0.3 is 0 Å². The third-order valence-corrected chi connectivity index (χ3v) is 5.62.